The molecule has 0 bridgehead atoms. The van der Waals surface area contributed by atoms with E-state index in [0.717, 1.165) is 18.6 Å². The van der Waals surface area contributed by atoms with Crippen LogP contribution in [0, 0.1) is 16.1 Å². The number of hydrogen-bond donors (Lipinski definition) is 0. The highest BCUT2D eigenvalue weighted by atomic mass is 32.2. The molecule has 0 heterocycles. The summed E-state index contributed by atoms with van der Waals surface area (Å²) in [5.74, 6) is 0.474. The van der Waals surface area contributed by atoms with Crippen LogP contribution in [0.15, 0.2) is 0 Å². The standard InChI is InChI=1S/C10H17NO2S/c1-4-10(5-2,7-14-8-11)6-13-9(3)12/h4-7H2,1-3H3. The minimum Gasteiger partial charge on any atom is -0.465 e. The Balaban J connectivity index is 4.22. The van der Waals surface area contributed by atoms with E-state index < -0.39 is 0 Å². The summed E-state index contributed by atoms with van der Waals surface area (Å²) in [5.41, 5.74) is -0.0356. The fourth-order valence-corrected chi connectivity index (χ4v) is 2.00. The SMILES string of the molecule is CCC(CC)(COC(C)=O)CSC#N. The topological polar surface area (TPSA) is 50.1 Å². The zero-order chi connectivity index (χ0) is 11.0. The maximum absolute atomic E-state index is 10.7. The molecule has 0 saturated carbocycles. The van der Waals surface area contributed by atoms with Crippen molar-refractivity contribution in [3.05, 3.63) is 0 Å². The van der Waals surface area contributed by atoms with Gasteiger partial charge in [0.15, 0.2) is 0 Å². The van der Waals surface area contributed by atoms with E-state index in [-0.39, 0.29) is 11.4 Å². The van der Waals surface area contributed by atoms with E-state index in [9.17, 15) is 4.79 Å². The summed E-state index contributed by atoms with van der Waals surface area (Å²) in [4.78, 5) is 10.7. The average Bonchev–Trinajstić information content (AvgIpc) is 2.19. The van der Waals surface area contributed by atoms with Gasteiger partial charge in [0, 0.05) is 18.1 Å². The van der Waals surface area contributed by atoms with E-state index in [1.165, 1.54) is 18.7 Å². The molecular formula is C10H17NO2S. The molecule has 0 atom stereocenters. The minimum absolute atomic E-state index is 0.0356. The summed E-state index contributed by atoms with van der Waals surface area (Å²) >= 11 is 1.23. The number of rotatable bonds is 6. The molecule has 0 aromatic rings. The van der Waals surface area contributed by atoms with E-state index in [1.54, 1.807) is 0 Å². The van der Waals surface area contributed by atoms with Gasteiger partial charge in [-0.3, -0.25) is 4.79 Å². The molecule has 0 aromatic carbocycles. The number of esters is 1. The fraction of sp³-hybridized carbons (Fsp3) is 0.800. The third-order valence-corrected chi connectivity index (χ3v) is 3.41. The smallest absolute Gasteiger partial charge is 0.302 e. The Bertz CT molecular complexity index is 219. The molecule has 0 spiro atoms. The third-order valence-electron chi connectivity index (χ3n) is 2.52. The van der Waals surface area contributed by atoms with Crippen molar-refractivity contribution in [3.8, 4) is 5.40 Å². The lowest BCUT2D eigenvalue weighted by atomic mass is 9.85. The number of carbonyl (C=O) groups excluding carboxylic acids is 1. The van der Waals surface area contributed by atoms with Crippen molar-refractivity contribution in [1.29, 1.82) is 5.26 Å². The Morgan fingerprint density at radius 2 is 2.07 bits per heavy atom. The molecule has 0 rings (SSSR count). The van der Waals surface area contributed by atoms with Crippen LogP contribution in [-0.4, -0.2) is 18.3 Å². The van der Waals surface area contributed by atoms with Crippen molar-refractivity contribution >= 4 is 17.7 Å². The number of thioether (sulfide) groups is 1. The quantitative estimate of drug-likeness (QED) is 0.504. The first-order valence-corrected chi connectivity index (χ1v) is 5.73. The van der Waals surface area contributed by atoms with Gasteiger partial charge in [-0.15, -0.1) is 0 Å². The van der Waals surface area contributed by atoms with Crippen LogP contribution in [-0.2, 0) is 9.53 Å². The van der Waals surface area contributed by atoms with E-state index in [4.69, 9.17) is 10.00 Å². The molecule has 0 amide bonds. The number of carbonyl (C=O) groups is 1. The van der Waals surface area contributed by atoms with Crippen LogP contribution < -0.4 is 0 Å². The summed E-state index contributed by atoms with van der Waals surface area (Å²) in [6.45, 7) is 5.95. The molecule has 3 nitrogen and oxygen atoms in total. The molecule has 0 aliphatic carbocycles. The maximum Gasteiger partial charge on any atom is 0.302 e. The van der Waals surface area contributed by atoms with Crippen LogP contribution in [0.1, 0.15) is 33.6 Å². The van der Waals surface area contributed by atoms with E-state index in [2.05, 4.69) is 19.2 Å². The number of thiocyanates is 1. The molecule has 0 aromatic heterocycles. The van der Waals surface area contributed by atoms with Crippen molar-refractivity contribution in [2.24, 2.45) is 5.41 Å². The summed E-state index contributed by atoms with van der Waals surface area (Å²) < 4.78 is 5.02. The normalized spacial score (nSPS) is 10.7. The Kier molecular flexibility index (Phi) is 6.39. The first-order valence-electron chi connectivity index (χ1n) is 4.74. The Hall–Kier alpha value is -0.690. The monoisotopic (exact) mass is 215 g/mol. The maximum atomic E-state index is 10.7. The predicted octanol–water partition coefficient (Wildman–Crippen LogP) is 2.57. The molecule has 0 aliphatic rings. The van der Waals surface area contributed by atoms with Gasteiger partial charge in [-0.1, -0.05) is 13.8 Å². The highest BCUT2D eigenvalue weighted by molar-refractivity contribution is 8.03. The molecule has 0 N–H and O–H groups in total. The summed E-state index contributed by atoms with van der Waals surface area (Å²) in [7, 11) is 0. The first kappa shape index (κ1) is 13.3. The molecule has 4 heteroatoms. The lowest BCUT2D eigenvalue weighted by Crippen LogP contribution is -2.29. The molecule has 0 aliphatic heterocycles. The van der Waals surface area contributed by atoms with Crippen LogP contribution in [0.4, 0.5) is 0 Å². The second-order valence-corrected chi connectivity index (χ2v) is 4.13. The lowest BCUT2D eigenvalue weighted by molar-refractivity contribution is -0.144. The van der Waals surface area contributed by atoms with Crippen LogP contribution in [0.25, 0.3) is 0 Å². The van der Waals surface area contributed by atoms with Gasteiger partial charge in [0.05, 0.1) is 6.61 Å². The van der Waals surface area contributed by atoms with E-state index in [0.29, 0.717) is 6.61 Å². The minimum atomic E-state index is -0.252. The summed E-state index contributed by atoms with van der Waals surface area (Å²) in [6, 6.07) is 0. The van der Waals surface area contributed by atoms with Gasteiger partial charge < -0.3 is 4.74 Å². The second-order valence-electron chi connectivity index (χ2n) is 3.37. The Morgan fingerprint density at radius 1 is 1.50 bits per heavy atom. The summed E-state index contributed by atoms with van der Waals surface area (Å²) in [5, 5.41) is 10.6. The highest BCUT2D eigenvalue weighted by Crippen LogP contribution is 2.30. The van der Waals surface area contributed by atoms with Gasteiger partial charge in [-0.25, -0.2) is 0 Å². The molecule has 0 saturated heterocycles. The average molecular weight is 215 g/mol. The molecule has 0 radical (unpaired) electrons. The van der Waals surface area contributed by atoms with Crippen LogP contribution in [0.2, 0.25) is 0 Å². The molecule has 14 heavy (non-hydrogen) atoms. The Labute approximate surface area is 89.8 Å². The molecule has 0 unspecified atom stereocenters. The van der Waals surface area contributed by atoms with Gasteiger partial charge >= 0.3 is 5.97 Å². The van der Waals surface area contributed by atoms with Crippen molar-refractivity contribution in [2.75, 3.05) is 12.4 Å². The van der Waals surface area contributed by atoms with Crippen molar-refractivity contribution in [3.63, 3.8) is 0 Å². The second kappa shape index (κ2) is 6.72. The van der Waals surface area contributed by atoms with Gasteiger partial charge in [0.2, 0.25) is 0 Å². The van der Waals surface area contributed by atoms with Crippen LogP contribution in [0.5, 0.6) is 0 Å². The first-order chi connectivity index (χ1) is 6.60. The van der Waals surface area contributed by atoms with Gasteiger partial charge in [-0.05, 0) is 24.6 Å². The third kappa shape index (κ3) is 4.52. The van der Waals surface area contributed by atoms with E-state index >= 15 is 0 Å². The largest absolute Gasteiger partial charge is 0.465 e. The number of nitrogens with zero attached hydrogens (tertiary/aromatic N) is 1. The molecule has 0 fully saturated rings. The molecular weight excluding hydrogens is 198 g/mol. The van der Waals surface area contributed by atoms with Gasteiger partial charge in [0.25, 0.3) is 0 Å². The zero-order valence-electron chi connectivity index (χ0n) is 9.00. The van der Waals surface area contributed by atoms with Gasteiger partial charge in [0.1, 0.15) is 5.40 Å². The summed E-state index contributed by atoms with van der Waals surface area (Å²) in [6.07, 6.45) is 1.84. The van der Waals surface area contributed by atoms with Crippen molar-refractivity contribution in [1.82, 2.24) is 0 Å². The molecule has 80 valence electrons. The number of ether oxygens (including phenoxy) is 1. The predicted molar refractivity (Wildman–Crippen MR) is 57.7 cm³/mol. The fourth-order valence-electron chi connectivity index (χ4n) is 1.14. The van der Waals surface area contributed by atoms with Crippen LogP contribution in [0.3, 0.4) is 0 Å². The van der Waals surface area contributed by atoms with Gasteiger partial charge in [-0.2, -0.15) is 5.26 Å². The van der Waals surface area contributed by atoms with Crippen molar-refractivity contribution < 1.29 is 9.53 Å². The van der Waals surface area contributed by atoms with E-state index in [1.807, 2.05) is 0 Å². The lowest BCUT2D eigenvalue weighted by Gasteiger charge is -2.29. The number of hydrogen-bond acceptors (Lipinski definition) is 4. The zero-order valence-corrected chi connectivity index (χ0v) is 9.82. The van der Waals surface area contributed by atoms with Crippen molar-refractivity contribution in [2.45, 2.75) is 33.6 Å². The Morgan fingerprint density at radius 3 is 2.43 bits per heavy atom. The number of nitriles is 1. The van der Waals surface area contributed by atoms with Crippen LogP contribution >= 0.6 is 11.8 Å². The highest BCUT2D eigenvalue weighted by Gasteiger charge is 2.27.